The van der Waals surface area contributed by atoms with E-state index in [0.717, 1.165) is 16.6 Å². The van der Waals surface area contributed by atoms with Gasteiger partial charge in [0.2, 0.25) is 5.91 Å². The molecule has 0 unspecified atom stereocenters. The molecule has 25 heavy (non-hydrogen) atoms. The molecule has 1 aliphatic heterocycles. The van der Waals surface area contributed by atoms with Crippen molar-refractivity contribution >= 4 is 27.5 Å². The highest BCUT2D eigenvalue weighted by molar-refractivity contribution is 7.17. The Labute approximate surface area is 149 Å². The molecule has 0 N–H and O–H groups in total. The summed E-state index contributed by atoms with van der Waals surface area (Å²) in [7, 11) is 1.47. The zero-order chi connectivity index (χ0) is 18.1. The minimum atomic E-state index is -0.447. The molecule has 0 atom stereocenters. The van der Waals surface area contributed by atoms with Crippen molar-refractivity contribution in [3.05, 3.63) is 31.8 Å². The first-order valence-electron chi connectivity index (χ1n) is 8.45. The van der Waals surface area contributed by atoms with Crippen LogP contribution in [-0.4, -0.2) is 46.2 Å². The third-order valence-corrected chi connectivity index (χ3v) is 5.46. The maximum Gasteiger partial charge on any atom is 0.332 e. The van der Waals surface area contributed by atoms with Crippen LogP contribution in [0.15, 0.2) is 15.0 Å². The second-order valence-electron chi connectivity index (χ2n) is 6.77. The predicted molar refractivity (Wildman–Crippen MR) is 97.3 cm³/mol. The summed E-state index contributed by atoms with van der Waals surface area (Å²) in [4.78, 5) is 40.1. The summed E-state index contributed by atoms with van der Waals surface area (Å²) in [5.74, 6) is 0.280. The standard InChI is InChI=1S/C17H23N3O4S/c1-11(2)8-12-10-25-16-14(12)15(22)18(3)17(23)20(16)9-13(21)19-4-6-24-7-5-19/h10-11H,4-9H2,1-3H3. The summed E-state index contributed by atoms with van der Waals surface area (Å²) in [6.45, 7) is 6.22. The molecule has 8 heteroatoms. The van der Waals surface area contributed by atoms with Gasteiger partial charge in [-0.2, -0.15) is 0 Å². The number of hydrogen-bond donors (Lipinski definition) is 0. The average Bonchev–Trinajstić information content (AvgIpc) is 3.00. The zero-order valence-electron chi connectivity index (χ0n) is 14.8. The van der Waals surface area contributed by atoms with Gasteiger partial charge in [0.05, 0.1) is 18.6 Å². The monoisotopic (exact) mass is 365 g/mol. The van der Waals surface area contributed by atoms with Crippen molar-refractivity contribution in [2.24, 2.45) is 13.0 Å². The van der Waals surface area contributed by atoms with E-state index < -0.39 is 5.69 Å². The number of amides is 1. The van der Waals surface area contributed by atoms with Gasteiger partial charge in [0, 0.05) is 20.1 Å². The third kappa shape index (κ3) is 3.41. The molecule has 1 aliphatic rings. The maximum absolute atomic E-state index is 12.6. The van der Waals surface area contributed by atoms with E-state index >= 15 is 0 Å². The minimum absolute atomic E-state index is 0.0505. The molecular formula is C17H23N3O4S. The summed E-state index contributed by atoms with van der Waals surface area (Å²) in [5.41, 5.74) is 0.215. The third-order valence-electron chi connectivity index (χ3n) is 4.41. The summed E-state index contributed by atoms with van der Waals surface area (Å²) in [5, 5.41) is 2.50. The highest BCUT2D eigenvalue weighted by atomic mass is 32.1. The molecule has 1 fully saturated rings. The van der Waals surface area contributed by atoms with Gasteiger partial charge in [-0.05, 0) is 23.3 Å². The van der Waals surface area contributed by atoms with Crippen LogP contribution in [-0.2, 0) is 29.5 Å². The van der Waals surface area contributed by atoms with Gasteiger partial charge in [-0.25, -0.2) is 4.79 Å². The Hall–Kier alpha value is -1.93. The van der Waals surface area contributed by atoms with Crippen LogP contribution >= 0.6 is 11.3 Å². The molecular weight excluding hydrogens is 342 g/mol. The van der Waals surface area contributed by atoms with E-state index in [1.165, 1.54) is 23.0 Å². The van der Waals surface area contributed by atoms with Gasteiger partial charge >= 0.3 is 5.69 Å². The molecule has 1 saturated heterocycles. The van der Waals surface area contributed by atoms with Crippen LogP contribution in [0.5, 0.6) is 0 Å². The number of rotatable bonds is 4. The number of morpholine rings is 1. The molecule has 3 heterocycles. The molecule has 0 saturated carbocycles. The molecule has 2 aromatic heterocycles. The van der Waals surface area contributed by atoms with Gasteiger partial charge in [-0.3, -0.25) is 18.7 Å². The van der Waals surface area contributed by atoms with E-state index in [4.69, 9.17) is 4.74 Å². The highest BCUT2D eigenvalue weighted by Crippen LogP contribution is 2.24. The first-order chi connectivity index (χ1) is 11.9. The van der Waals surface area contributed by atoms with Gasteiger partial charge in [0.15, 0.2) is 0 Å². The lowest BCUT2D eigenvalue weighted by atomic mass is 10.0. The molecule has 0 aliphatic carbocycles. The fraction of sp³-hybridized carbons (Fsp3) is 0.588. The van der Waals surface area contributed by atoms with Gasteiger partial charge in [-0.1, -0.05) is 13.8 Å². The van der Waals surface area contributed by atoms with Crippen molar-refractivity contribution in [3.8, 4) is 0 Å². The number of nitrogens with zero attached hydrogens (tertiary/aromatic N) is 3. The molecule has 3 rings (SSSR count). The fourth-order valence-electron chi connectivity index (χ4n) is 3.11. The van der Waals surface area contributed by atoms with Crippen LogP contribution in [0.4, 0.5) is 0 Å². The number of carbonyl (C=O) groups excluding carboxylic acids is 1. The molecule has 2 aromatic rings. The normalized spacial score (nSPS) is 15.3. The van der Waals surface area contributed by atoms with Crippen molar-refractivity contribution in [1.29, 1.82) is 0 Å². The van der Waals surface area contributed by atoms with Crippen molar-refractivity contribution in [2.45, 2.75) is 26.8 Å². The molecule has 0 radical (unpaired) electrons. The van der Waals surface area contributed by atoms with Gasteiger partial charge in [0.1, 0.15) is 11.4 Å². The Morgan fingerprint density at radius 1 is 1.28 bits per heavy atom. The number of aromatic nitrogens is 2. The van der Waals surface area contributed by atoms with E-state index in [1.807, 2.05) is 5.38 Å². The Morgan fingerprint density at radius 3 is 2.60 bits per heavy atom. The highest BCUT2D eigenvalue weighted by Gasteiger charge is 2.22. The Balaban J connectivity index is 2.05. The number of ether oxygens (including phenoxy) is 1. The summed E-state index contributed by atoms with van der Waals surface area (Å²) >= 11 is 1.36. The fourth-order valence-corrected chi connectivity index (χ4v) is 4.18. The lowest BCUT2D eigenvalue weighted by molar-refractivity contribution is -0.135. The second-order valence-corrected chi connectivity index (χ2v) is 7.62. The average molecular weight is 365 g/mol. The van der Waals surface area contributed by atoms with Crippen LogP contribution in [0, 0.1) is 5.92 Å². The number of fused-ring (bicyclic) bond motifs is 1. The molecule has 0 aromatic carbocycles. The Bertz CT molecular complexity index is 903. The van der Waals surface area contributed by atoms with E-state index in [2.05, 4.69) is 13.8 Å². The minimum Gasteiger partial charge on any atom is -0.378 e. The molecule has 0 spiro atoms. The number of carbonyl (C=O) groups is 1. The maximum atomic E-state index is 12.6. The number of hydrogen-bond acceptors (Lipinski definition) is 5. The molecule has 0 bridgehead atoms. The molecule has 136 valence electrons. The van der Waals surface area contributed by atoms with Crippen molar-refractivity contribution in [2.75, 3.05) is 26.3 Å². The van der Waals surface area contributed by atoms with Crippen molar-refractivity contribution in [1.82, 2.24) is 14.0 Å². The van der Waals surface area contributed by atoms with E-state index in [1.54, 1.807) is 4.90 Å². The Kier molecular flexibility index (Phi) is 5.10. The topological polar surface area (TPSA) is 73.5 Å². The zero-order valence-corrected chi connectivity index (χ0v) is 15.6. The van der Waals surface area contributed by atoms with Gasteiger partial charge in [-0.15, -0.1) is 11.3 Å². The van der Waals surface area contributed by atoms with Crippen molar-refractivity contribution in [3.63, 3.8) is 0 Å². The largest absolute Gasteiger partial charge is 0.378 e. The van der Waals surface area contributed by atoms with Crippen molar-refractivity contribution < 1.29 is 9.53 Å². The van der Waals surface area contributed by atoms with Gasteiger partial charge < -0.3 is 9.64 Å². The number of thiophene rings is 1. The van der Waals surface area contributed by atoms with Crippen LogP contribution in [0.2, 0.25) is 0 Å². The lowest BCUT2D eigenvalue weighted by Crippen LogP contribution is -2.45. The Morgan fingerprint density at radius 2 is 1.96 bits per heavy atom. The van der Waals surface area contributed by atoms with Crippen LogP contribution < -0.4 is 11.2 Å². The first kappa shape index (κ1) is 17.9. The first-order valence-corrected chi connectivity index (χ1v) is 9.33. The summed E-state index contributed by atoms with van der Waals surface area (Å²) in [6.07, 6.45) is 0.769. The van der Waals surface area contributed by atoms with Crippen LogP contribution in [0.1, 0.15) is 19.4 Å². The quantitative estimate of drug-likeness (QED) is 0.804. The molecule has 1 amide bonds. The van der Waals surface area contributed by atoms with Gasteiger partial charge in [0.25, 0.3) is 5.56 Å². The molecule has 7 nitrogen and oxygen atoms in total. The van der Waals surface area contributed by atoms with Crippen LogP contribution in [0.25, 0.3) is 10.2 Å². The summed E-state index contributed by atoms with van der Waals surface area (Å²) in [6, 6.07) is 0. The van der Waals surface area contributed by atoms with E-state index in [-0.39, 0.29) is 18.0 Å². The van der Waals surface area contributed by atoms with Crippen LogP contribution in [0.3, 0.4) is 0 Å². The van der Waals surface area contributed by atoms with E-state index in [9.17, 15) is 14.4 Å². The van der Waals surface area contributed by atoms with E-state index in [0.29, 0.717) is 42.4 Å². The predicted octanol–water partition coefficient (Wildman–Crippen LogP) is 0.819. The summed E-state index contributed by atoms with van der Waals surface area (Å²) < 4.78 is 7.80. The SMILES string of the molecule is CC(C)Cc1csc2c1c(=O)n(C)c(=O)n2CC(=O)N1CCOCC1. The smallest absolute Gasteiger partial charge is 0.332 e. The lowest BCUT2D eigenvalue weighted by Gasteiger charge is -2.27. The second kappa shape index (κ2) is 7.13.